The molecule has 0 aromatic heterocycles. The van der Waals surface area contributed by atoms with Crippen molar-refractivity contribution in [3.05, 3.63) is 42.0 Å². The molecule has 0 heterocycles. The molecule has 0 bridgehead atoms. The summed E-state index contributed by atoms with van der Waals surface area (Å²) in [5.74, 6) is 0. The van der Waals surface area contributed by atoms with Crippen molar-refractivity contribution in [1.82, 2.24) is 0 Å². The van der Waals surface area contributed by atoms with Crippen LogP contribution in [0.1, 0.15) is 11.1 Å². The smallest absolute Gasteiger partial charge is 0.121 e. The minimum absolute atomic E-state index is 0.239. The SMILES string of the molecule is C=Cc1ccc(COCCl)cc1. The summed E-state index contributed by atoms with van der Waals surface area (Å²) >= 11 is 5.37. The van der Waals surface area contributed by atoms with Crippen LogP contribution in [-0.4, -0.2) is 6.07 Å². The summed E-state index contributed by atoms with van der Waals surface area (Å²) in [6, 6.07) is 8.25. The normalized spacial score (nSPS) is 9.75. The molecule has 0 aliphatic rings. The second-order valence-corrected chi connectivity index (χ2v) is 2.62. The van der Waals surface area contributed by atoms with Gasteiger partial charge in [0.2, 0.25) is 0 Å². The molecule has 1 rings (SSSR count). The molecule has 0 saturated carbocycles. The zero-order valence-corrected chi connectivity index (χ0v) is 7.55. The number of hydrogen-bond acceptors (Lipinski definition) is 1. The first-order valence-corrected chi connectivity index (χ1v) is 4.25. The fraction of sp³-hybridized carbons (Fsp3) is 0.200. The van der Waals surface area contributed by atoms with Crippen LogP contribution in [0, 0.1) is 0 Å². The maximum atomic E-state index is 5.37. The topological polar surface area (TPSA) is 9.23 Å². The minimum Gasteiger partial charge on any atom is -0.361 e. The molecule has 64 valence electrons. The summed E-state index contributed by atoms with van der Waals surface area (Å²) in [5, 5.41) is 0. The van der Waals surface area contributed by atoms with Crippen molar-refractivity contribution in [2.75, 3.05) is 6.07 Å². The van der Waals surface area contributed by atoms with E-state index >= 15 is 0 Å². The number of hydrogen-bond donors (Lipinski definition) is 0. The molecule has 0 saturated heterocycles. The van der Waals surface area contributed by atoms with Crippen LogP contribution in [0.15, 0.2) is 30.8 Å². The fourth-order valence-corrected chi connectivity index (χ4v) is 0.984. The molecule has 1 nitrogen and oxygen atoms in total. The third-order valence-electron chi connectivity index (χ3n) is 1.56. The maximum Gasteiger partial charge on any atom is 0.121 e. The first kappa shape index (κ1) is 9.30. The lowest BCUT2D eigenvalue weighted by Crippen LogP contribution is -1.89. The van der Waals surface area contributed by atoms with Crippen LogP contribution in [0.5, 0.6) is 0 Å². The second-order valence-electron chi connectivity index (χ2n) is 2.40. The van der Waals surface area contributed by atoms with Crippen molar-refractivity contribution in [3.63, 3.8) is 0 Å². The van der Waals surface area contributed by atoms with Crippen molar-refractivity contribution < 1.29 is 4.74 Å². The summed E-state index contributed by atoms with van der Waals surface area (Å²) in [7, 11) is 0. The zero-order valence-electron chi connectivity index (χ0n) is 6.79. The molecule has 12 heavy (non-hydrogen) atoms. The quantitative estimate of drug-likeness (QED) is 0.651. The van der Waals surface area contributed by atoms with E-state index in [4.69, 9.17) is 16.3 Å². The predicted octanol–water partition coefficient (Wildman–Crippen LogP) is 3.04. The molecule has 1 aromatic carbocycles. The Labute approximate surface area is 77.6 Å². The molecule has 0 spiro atoms. The molecule has 0 N–H and O–H groups in total. The Bertz CT molecular complexity index is 241. The van der Waals surface area contributed by atoms with E-state index in [0.29, 0.717) is 6.61 Å². The lowest BCUT2D eigenvalue weighted by molar-refractivity contribution is 0.165. The van der Waals surface area contributed by atoms with Gasteiger partial charge in [0.05, 0.1) is 6.61 Å². The van der Waals surface area contributed by atoms with E-state index in [0.717, 1.165) is 11.1 Å². The molecule has 0 atom stereocenters. The van der Waals surface area contributed by atoms with Crippen LogP contribution < -0.4 is 0 Å². The lowest BCUT2D eigenvalue weighted by atomic mass is 10.1. The van der Waals surface area contributed by atoms with Gasteiger partial charge in [0.15, 0.2) is 0 Å². The van der Waals surface area contributed by atoms with Crippen LogP contribution in [-0.2, 0) is 11.3 Å². The van der Waals surface area contributed by atoms with Gasteiger partial charge in [-0.15, -0.1) is 0 Å². The van der Waals surface area contributed by atoms with E-state index in [1.807, 2.05) is 30.3 Å². The monoisotopic (exact) mass is 182 g/mol. The zero-order chi connectivity index (χ0) is 8.81. The third kappa shape index (κ3) is 2.68. The minimum atomic E-state index is 0.239. The van der Waals surface area contributed by atoms with Gasteiger partial charge in [0, 0.05) is 0 Å². The number of rotatable bonds is 4. The Hall–Kier alpha value is -0.790. The van der Waals surface area contributed by atoms with Crippen LogP contribution in [0.3, 0.4) is 0 Å². The maximum absolute atomic E-state index is 5.37. The van der Waals surface area contributed by atoms with E-state index in [1.165, 1.54) is 0 Å². The van der Waals surface area contributed by atoms with Gasteiger partial charge < -0.3 is 4.74 Å². The van der Waals surface area contributed by atoms with Gasteiger partial charge in [-0.3, -0.25) is 0 Å². The standard InChI is InChI=1S/C10H11ClO/c1-2-9-3-5-10(6-4-9)7-12-8-11/h2-6H,1,7-8H2. The van der Waals surface area contributed by atoms with Crippen molar-refractivity contribution >= 4 is 17.7 Å². The summed E-state index contributed by atoms with van der Waals surface area (Å²) < 4.78 is 5.03. The molecule has 0 unspecified atom stereocenters. The highest BCUT2D eigenvalue weighted by Crippen LogP contribution is 2.06. The molecular formula is C10H11ClO. The van der Waals surface area contributed by atoms with E-state index in [9.17, 15) is 0 Å². The fourth-order valence-electron chi connectivity index (χ4n) is 0.906. The van der Waals surface area contributed by atoms with E-state index in [1.54, 1.807) is 0 Å². The first-order chi connectivity index (χ1) is 5.86. The van der Waals surface area contributed by atoms with Gasteiger partial charge in [-0.1, -0.05) is 48.5 Å². The molecule has 0 aliphatic heterocycles. The van der Waals surface area contributed by atoms with E-state index in [2.05, 4.69) is 6.58 Å². The van der Waals surface area contributed by atoms with Crippen LogP contribution in [0.25, 0.3) is 6.08 Å². The third-order valence-corrected chi connectivity index (χ3v) is 1.72. The summed E-state index contributed by atoms with van der Waals surface area (Å²) in [4.78, 5) is 0. The Balaban J connectivity index is 2.58. The van der Waals surface area contributed by atoms with Crippen LogP contribution in [0.4, 0.5) is 0 Å². The Kier molecular flexibility index (Phi) is 3.85. The average molecular weight is 183 g/mol. The Morgan fingerprint density at radius 3 is 2.50 bits per heavy atom. The van der Waals surface area contributed by atoms with Crippen LogP contribution in [0.2, 0.25) is 0 Å². The molecular weight excluding hydrogens is 172 g/mol. The Morgan fingerprint density at radius 1 is 1.33 bits per heavy atom. The van der Waals surface area contributed by atoms with Crippen LogP contribution >= 0.6 is 11.6 Å². The highest BCUT2D eigenvalue weighted by atomic mass is 35.5. The summed E-state index contributed by atoms with van der Waals surface area (Å²) in [6.45, 7) is 4.24. The molecule has 0 radical (unpaired) electrons. The first-order valence-electron chi connectivity index (χ1n) is 3.72. The van der Waals surface area contributed by atoms with Gasteiger partial charge in [0.25, 0.3) is 0 Å². The van der Waals surface area contributed by atoms with Gasteiger partial charge in [-0.05, 0) is 11.1 Å². The lowest BCUT2D eigenvalue weighted by Gasteiger charge is -2.00. The van der Waals surface area contributed by atoms with Crippen molar-refractivity contribution in [1.29, 1.82) is 0 Å². The molecule has 1 aromatic rings. The number of alkyl halides is 1. The predicted molar refractivity (Wildman–Crippen MR) is 52.0 cm³/mol. The summed E-state index contributed by atoms with van der Waals surface area (Å²) in [6.07, 6.45) is 1.81. The van der Waals surface area contributed by atoms with E-state index in [-0.39, 0.29) is 6.07 Å². The average Bonchev–Trinajstić information content (AvgIpc) is 2.15. The highest BCUT2D eigenvalue weighted by Gasteiger charge is 1.91. The summed E-state index contributed by atoms with van der Waals surface area (Å²) in [5.41, 5.74) is 2.24. The molecule has 0 amide bonds. The van der Waals surface area contributed by atoms with Gasteiger partial charge in [-0.2, -0.15) is 0 Å². The van der Waals surface area contributed by atoms with Crippen molar-refractivity contribution in [2.45, 2.75) is 6.61 Å². The van der Waals surface area contributed by atoms with Crippen molar-refractivity contribution in [3.8, 4) is 0 Å². The van der Waals surface area contributed by atoms with Gasteiger partial charge in [0.1, 0.15) is 6.07 Å². The molecule has 0 fully saturated rings. The highest BCUT2D eigenvalue weighted by molar-refractivity contribution is 6.17. The van der Waals surface area contributed by atoms with Crippen molar-refractivity contribution in [2.24, 2.45) is 0 Å². The van der Waals surface area contributed by atoms with E-state index < -0.39 is 0 Å². The van der Waals surface area contributed by atoms with Gasteiger partial charge in [-0.25, -0.2) is 0 Å². The molecule has 2 heteroatoms. The molecule has 0 aliphatic carbocycles. The second kappa shape index (κ2) is 4.96. The van der Waals surface area contributed by atoms with Gasteiger partial charge >= 0.3 is 0 Å². The number of halogens is 1. The largest absolute Gasteiger partial charge is 0.361 e. The number of benzene rings is 1. The Morgan fingerprint density at radius 2 is 2.00 bits per heavy atom. The number of ether oxygens (including phenoxy) is 1.